The van der Waals surface area contributed by atoms with Gasteiger partial charge in [0.15, 0.2) is 6.10 Å². The summed E-state index contributed by atoms with van der Waals surface area (Å²) in [5, 5.41) is 14.5. The molecule has 0 saturated heterocycles. The van der Waals surface area contributed by atoms with Crippen LogP contribution in [-0.2, 0) is 93.1 Å². The smallest absolute Gasteiger partial charge is 0.412 e. The lowest BCUT2D eigenvalue weighted by molar-refractivity contribution is -0.182. The highest BCUT2D eigenvalue weighted by Crippen LogP contribution is 2.40. The van der Waals surface area contributed by atoms with Crippen molar-refractivity contribution in [2.45, 2.75) is 128 Å². The maximum atomic E-state index is 13.8. The first-order chi connectivity index (χ1) is 26.6. The Bertz CT molecular complexity index is 2040. The van der Waals surface area contributed by atoms with Crippen LogP contribution in [0.15, 0.2) is 49.1 Å². The summed E-state index contributed by atoms with van der Waals surface area (Å²) in [7, 11) is 0. The lowest BCUT2D eigenvalue weighted by Crippen LogP contribution is -2.43. The third kappa shape index (κ3) is 8.07. The van der Waals surface area contributed by atoms with Crippen molar-refractivity contribution in [1.82, 2.24) is 19.6 Å². The van der Waals surface area contributed by atoms with Crippen LogP contribution in [0.25, 0.3) is 0 Å². The highest BCUT2D eigenvalue weighted by atomic mass is 16.6. The highest BCUT2D eigenvalue weighted by Gasteiger charge is 2.37. The summed E-state index contributed by atoms with van der Waals surface area (Å²) >= 11 is 0. The van der Waals surface area contributed by atoms with Crippen molar-refractivity contribution in [3.05, 3.63) is 93.6 Å². The Labute approximate surface area is 320 Å². The molecule has 4 aliphatic carbocycles. The number of carbonyl (C=O) groups is 4. The second-order valence-corrected chi connectivity index (χ2v) is 15.8. The van der Waals surface area contributed by atoms with E-state index in [1.54, 1.807) is 44.6 Å². The molecule has 0 spiro atoms. The highest BCUT2D eigenvalue weighted by molar-refractivity contribution is 5.95. The number of rotatable bonds is 13. The topological polar surface area (TPSA) is 156 Å². The Kier molecular flexibility index (Phi) is 10.3. The van der Waals surface area contributed by atoms with Gasteiger partial charge in [-0.3, -0.25) is 19.5 Å². The van der Waals surface area contributed by atoms with Gasteiger partial charge < -0.3 is 19.5 Å². The summed E-state index contributed by atoms with van der Waals surface area (Å²) in [5.41, 5.74) is 10.4. The molecule has 2 N–H and O–H groups in total. The molecule has 2 atom stereocenters. The van der Waals surface area contributed by atoms with Crippen molar-refractivity contribution in [3.63, 3.8) is 0 Å². The number of carbonyl (C=O) groups excluding carboxylic acids is 4. The minimum absolute atomic E-state index is 0.0552. The number of hydrogen-bond donors (Lipinski definition) is 2. The Morgan fingerprint density at radius 2 is 1.13 bits per heavy atom. The van der Waals surface area contributed by atoms with Crippen molar-refractivity contribution in [1.29, 1.82) is 0 Å². The standard InChI is InChI=1S/C42H48N6O7/c1-42(2,23-36(49)45-37-30-13-3-9-26(30)21-27-10-4-14-31(27)37)55-35(25-48-20-8-18-44-48)40(51)54-39(50)34(24-47-19-7-17-43-47)53-41(52)46-38-32-15-5-11-28(32)22-29-12-6-16-33(29)38/h7-8,17-22,34-35H,3-6,9-16,23-25H2,1-2H3,(H,45,49)(H,46,52). The minimum atomic E-state index is -1.51. The fourth-order valence-electron chi connectivity index (χ4n) is 8.90. The number of nitrogens with zero attached hydrogens (tertiary/aromatic N) is 4. The van der Waals surface area contributed by atoms with E-state index >= 15 is 0 Å². The number of aryl methyl sites for hydroxylation is 4. The summed E-state index contributed by atoms with van der Waals surface area (Å²) in [6.45, 7) is 3.19. The van der Waals surface area contributed by atoms with Crippen molar-refractivity contribution in [3.8, 4) is 0 Å². The summed E-state index contributed by atoms with van der Waals surface area (Å²) in [6.07, 6.45) is 14.4. The van der Waals surface area contributed by atoms with Gasteiger partial charge in [0.2, 0.25) is 12.0 Å². The Balaban J connectivity index is 0.963. The van der Waals surface area contributed by atoms with Gasteiger partial charge in [-0.2, -0.15) is 10.2 Å². The SMILES string of the molecule is CC(C)(CC(=O)Nc1c2c(cc3c1CCC3)CCC2)OC(Cn1cccn1)C(=O)OC(=O)C(Cn1cccn1)OC(=O)Nc1c2c(cc3c1CCC3)CCC2. The van der Waals surface area contributed by atoms with Gasteiger partial charge in [-0.25, -0.2) is 14.4 Å². The Morgan fingerprint density at radius 1 is 0.673 bits per heavy atom. The molecule has 4 aliphatic rings. The molecule has 4 aromatic rings. The molecule has 0 saturated carbocycles. The molecule has 2 unspecified atom stereocenters. The molecular formula is C42H48N6O7. The van der Waals surface area contributed by atoms with E-state index in [1.807, 2.05) is 0 Å². The molecule has 288 valence electrons. The number of hydrogen-bond acceptors (Lipinski definition) is 9. The van der Waals surface area contributed by atoms with E-state index in [9.17, 15) is 19.2 Å². The average molecular weight is 749 g/mol. The van der Waals surface area contributed by atoms with Crippen LogP contribution in [0.4, 0.5) is 16.2 Å². The number of amides is 2. The molecule has 13 heteroatoms. The second-order valence-electron chi connectivity index (χ2n) is 15.8. The fourth-order valence-corrected chi connectivity index (χ4v) is 8.90. The van der Waals surface area contributed by atoms with E-state index in [0.29, 0.717) is 0 Å². The maximum absolute atomic E-state index is 13.8. The van der Waals surface area contributed by atoms with Crippen LogP contribution in [-0.4, -0.2) is 61.3 Å². The van der Waals surface area contributed by atoms with Crippen molar-refractivity contribution in [2.24, 2.45) is 0 Å². The molecular weight excluding hydrogens is 700 g/mol. The van der Waals surface area contributed by atoms with Gasteiger partial charge in [-0.1, -0.05) is 12.1 Å². The zero-order chi connectivity index (χ0) is 38.1. The van der Waals surface area contributed by atoms with Gasteiger partial charge in [-0.15, -0.1) is 0 Å². The zero-order valence-corrected chi connectivity index (χ0v) is 31.5. The van der Waals surface area contributed by atoms with Gasteiger partial charge >= 0.3 is 18.0 Å². The molecule has 13 nitrogen and oxygen atoms in total. The quantitative estimate of drug-likeness (QED) is 0.131. The number of ether oxygens (including phenoxy) is 3. The first-order valence-electron chi connectivity index (χ1n) is 19.6. The minimum Gasteiger partial charge on any atom is -0.432 e. The number of anilines is 2. The van der Waals surface area contributed by atoms with E-state index in [0.717, 1.165) is 99.6 Å². The Morgan fingerprint density at radius 3 is 1.60 bits per heavy atom. The molecule has 2 amide bonds. The maximum Gasteiger partial charge on any atom is 0.412 e. The molecule has 55 heavy (non-hydrogen) atoms. The van der Waals surface area contributed by atoms with Crippen LogP contribution >= 0.6 is 0 Å². The number of benzene rings is 2. The molecule has 0 bridgehead atoms. The molecule has 8 rings (SSSR count). The Hall–Kier alpha value is -5.30. The average Bonchev–Trinajstić information content (AvgIpc) is 3.99. The normalized spacial score (nSPS) is 16.5. The fraction of sp³-hybridized carbons (Fsp3) is 0.476. The molecule has 0 radical (unpaired) electrons. The van der Waals surface area contributed by atoms with Crippen molar-refractivity contribution < 1.29 is 33.4 Å². The first kappa shape index (κ1) is 36.7. The largest absolute Gasteiger partial charge is 0.432 e. The van der Waals surface area contributed by atoms with Crippen LogP contribution in [0.1, 0.15) is 90.5 Å². The predicted molar refractivity (Wildman–Crippen MR) is 203 cm³/mol. The third-order valence-electron chi connectivity index (χ3n) is 11.3. The molecule has 0 aliphatic heterocycles. The van der Waals surface area contributed by atoms with Crippen LogP contribution in [0.3, 0.4) is 0 Å². The molecule has 2 aromatic carbocycles. The van der Waals surface area contributed by atoms with Crippen molar-refractivity contribution in [2.75, 3.05) is 10.6 Å². The number of aromatic nitrogens is 4. The lowest BCUT2D eigenvalue weighted by Gasteiger charge is -2.30. The van der Waals surface area contributed by atoms with Crippen LogP contribution in [0.5, 0.6) is 0 Å². The summed E-state index contributed by atoms with van der Waals surface area (Å²) in [6, 6.07) is 7.96. The molecule has 2 heterocycles. The van der Waals surface area contributed by atoms with Gasteiger partial charge in [0, 0.05) is 30.5 Å². The summed E-state index contributed by atoms with van der Waals surface area (Å²) in [5.74, 6) is -2.30. The van der Waals surface area contributed by atoms with E-state index < -0.39 is 35.8 Å². The molecule has 0 fully saturated rings. The lowest BCUT2D eigenvalue weighted by atomic mass is 9.98. The summed E-state index contributed by atoms with van der Waals surface area (Å²) in [4.78, 5) is 54.7. The van der Waals surface area contributed by atoms with Gasteiger partial charge in [0.05, 0.1) is 30.8 Å². The summed E-state index contributed by atoms with van der Waals surface area (Å²) < 4.78 is 20.4. The number of nitrogens with one attached hydrogen (secondary N) is 2. The van der Waals surface area contributed by atoms with Gasteiger partial charge in [-0.05, 0) is 148 Å². The van der Waals surface area contributed by atoms with Crippen molar-refractivity contribution >= 4 is 35.3 Å². The van der Waals surface area contributed by atoms with E-state index in [2.05, 4.69) is 33.0 Å². The van der Waals surface area contributed by atoms with Gasteiger partial charge in [0.1, 0.15) is 0 Å². The van der Waals surface area contributed by atoms with Crippen LogP contribution in [0, 0.1) is 0 Å². The van der Waals surface area contributed by atoms with E-state index in [-0.39, 0.29) is 25.4 Å². The van der Waals surface area contributed by atoms with Crippen LogP contribution < -0.4 is 10.6 Å². The first-order valence-corrected chi connectivity index (χ1v) is 19.6. The molecule has 2 aromatic heterocycles. The third-order valence-corrected chi connectivity index (χ3v) is 11.3. The van der Waals surface area contributed by atoms with E-state index in [4.69, 9.17) is 14.2 Å². The second kappa shape index (κ2) is 15.4. The predicted octanol–water partition coefficient (Wildman–Crippen LogP) is 5.61. The number of esters is 2. The monoisotopic (exact) mass is 748 g/mol. The zero-order valence-electron chi connectivity index (χ0n) is 31.5. The van der Waals surface area contributed by atoms with Crippen LogP contribution in [0.2, 0.25) is 0 Å². The van der Waals surface area contributed by atoms with E-state index in [1.165, 1.54) is 48.9 Å². The number of fused-ring (bicyclic) bond motifs is 4. The van der Waals surface area contributed by atoms with Gasteiger partial charge in [0.25, 0.3) is 0 Å².